The highest BCUT2D eigenvalue weighted by atomic mass is 16.2. The lowest BCUT2D eigenvalue weighted by Gasteiger charge is -2.31. The summed E-state index contributed by atoms with van der Waals surface area (Å²) in [6.07, 6.45) is 6.97. The minimum absolute atomic E-state index is 0.0702. The van der Waals surface area contributed by atoms with E-state index < -0.39 is 0 Å². The summed E-state index contributed by atoms with van der Waals surface area (Å²) in [6.45, 7) is 2.16. The third-order valence-electron chi connectivity index (χ3n) is 2.20. The van der Waals surface area contributed by atoms with Gasteiger partial charge in [-0.2, -0.15) is 0 Å². The zero-order valence-corrected chi connectivity index (χ0v) is 8.25. The standard InChI is InChI=1S/C10H14N2O2/c1-3-5-8(4-2)12-7-9(13)11-6-10(12)14/h2,8H,3,5-7H2,1H3,(H,11,13). The number of hydrogen-bond acceptors (Lipinski definition) is 2. The molecule has 1 fully saturated rings. The second kappa shape index (κ2) is 4.66. The molecule has 0 radical (unpaired) electrons. The van der Waals surface area contributed by atoms with Crippen LogP contribution in [0.15, 0.2) is 0 Å². The molecule has 4 heteroatoms. The van der Waals surface area contributed by atoms with E-state index in [1.807, 2.05) is 6.92 Å². The second-order valence-corrected chi connectivity index (χ2v) is 3.27. The van der Waals surface area contributed by atoms with Gasteiger partial charge in [0.15, 0.2) is 0 Å². The Morgan fingerprint density at radius 1 is 1.64 bits per heavy atom. The van der Waals surface area contributed by atoms with E-state index in [0.717, 1.165) is 12.8 Å². The highest BCUT2D eigenvalue weighted by Crippen LogP contribution is 2.08. The highest BCUT2D eigenvalue weighted by molar-refractivity contribution is 5.92. The Morgan fingerprint density at radius 3 is 2.93 bits per heavy atom. The summed E-state index contributed by atoms with van der Waals surface area (Å²) >= 11 is 0. The molecule has 1 unspecified atom stereocenters. The van der Waals surface area contributed by atoms with Crippen LogP contribution < -0.4 is 5.32 Å². The number of carbonyl (C=O) groups is 2. The van der Waals surface area contributed by atoms with Crippen molar-refractivity contribution in [1.29, 1.82) is 0 Å². The predicted molar refractivity (Wildman–Crippen MR) is 52.3 cm³/mol. The summed E-state index contributed by atoms with van der Waals surface area (Å²) in [5.41, 5.74) is 0. The molecule has 0 aromatic carbocycles. The van der Waals surface area contributed by atoms with Crippen molar-refractivity contribution in [3.05, 3.63) is 0 Å². The van der Waals surface area contributed by atoms with Gasteiger partial charge in [0.2, 0.25) is 11.8 Å². The summed E-state index contributed by atoms with van der Waals surface area (Å²) in [6, 6.07) is -0.237. The summed E-state index contributed by atoms with van der Waals surface area (Å²) in [4.78, 5) is 24.0. The van der Waals surface area contributed by atoms with Crippen LogP contribution in [0.2, 0.25) is 0 Å². The van der Waals surface area contributed by atoms with Gasteiger partial charge >= 0.3 is 0 Å². The number of nitrogens with one attached hydrogen (secondary N) is 1. The average molecular weight is 194 g/mol. The molecule has 1 rings (SSSR count). The molecule has 0 saturated carbocycles. The largest absolute Gasteiger partial charge is 0.345 e. The van der Waals surface area contributed by atoms with Crippen molar-refractivity contribution in [3.8, 4) is 12.3 Å². The maximum atomic E-state index is 11.4. The van der Waals surface area contributed by atoms with Crippen LogP contribution in [-0.4, -0.2) is 35.8 Å². The maximum Gasteiger partial charge on any atom is 0.243 e. The molecule has 4 nitrogen and oxygen atoms in total. The SMILES string of the molecule is C#CC(CCC)N1CC(=O)NCC1=O. The number of nitrogens with zero attached hydrogens (tertiary/aromatic N) is 1. The van der Waals surface area contributed by atoms with Gasteiger partial charge in [0.05, 0.1) is 12.6 Å². The molecule has 2 amide bonds. The molecule has 14 heavy (non-hydrogen) atoms. The predicted octanol–water partition coefficient (Wildman–Crippen LogP) is -0.253. The Hall–Kier alpha value is -1.50. The van der Waals surface area contributed by atoms with Crippen molar-refractivity contribution < 1.29 is 9.59 Å². The average Bonchev–Trinajstić information content (AvgIpc) is 2.18. The number of carbonyl (C=O) groups excluding carboxylic acids is 2. The first-order valence-electron chi connectivity index (χ1n) is 4.71. The lowest BCUT2D eigenvalue weighted by atomic mass is 10.1. The van der Waals surface area contributed by atoms with Gasteiger partial charge < -0.3 is 10.2 Å². The third-order valence-corrected chi connectivity index (χ3v) is 2.20. The van der Waals surface area contributed by atoms with Gasteiger partial charge in [-0.15, -0.1) is 6.42 Å². The van der Waals surface area contributed by atoms with Crippen molar-refractivity contribution >= 4 is 11.8 Å². The van der Waals surface area contributed by atoms with Crippen LogP contribution >= 0.6 is 0 Å². The van der Waals surface area contributed by atoms with Crippen molar-refractivity contribution in [2.45, 2.75) is 25.8 Å². The van der Waals surface area contributed by atoms with Crippen LogP contribution in [0.4, 0.5) is 0 Å². The van der Waals surface area contributed by atoms with E-state index in [4.69, 9.17) is 6.42 Å². The first-order chi connectivity index (χ1) is 6.69. The van der Waals surface area contributed by atoms with Crippen LogP contribution in [0, 0.1) is 12.3 Å². The fourth-order valence-electron chi connectivity index (χ4n) is 1.46. The number of terminal acetylenes is 1. The van der Waals surface area contributed by atoms with Gasteiger partial charge in [0.1, 0.15) is 6.54 Å². The summed E-state index contributed by atoms with van der Waals surface area (Å²) < 4.78 is 0. The third kappa shape index (κ3) is 2.25. The van der Waals surface area contributed by atoms with Gasteiger partial charge in [-0.25, -0.2) is 0 Å². The van der Waals surface area contributed by atoms with E-state index in [-0.39, 0.29) is 30.9 Å². The monoisotopic (exact) mass is 194 g/mol. The van der Waals surface area contributed by atoms with Crippen molar-refractivity contribution in [3.63, 3.8) is 0 Å². The molecular weight excluding hydrogens is 180 g/mol. The number of amides is 2. The van der Waals surface area contributed by atoms with E-state index in [1.54, 1.807) is 0 Å². The van der Waals surface area contributed by atoms with Crippen LogP contribution in [0.1, 0.15) is 19.8 Å². The zero-order valence-electron chi connectivity index (χ0n) is 8.25. The van der Waals surface area contributed by atoms with Crippen molar-refractivity contribution in [2.75, 3.05) is 13.1 Å². The van der Waals surface area contributed by atoms with Crippen LogP contribution in [0.3, 0.4) is 0 Å². The second-order valence-electron chi connectivity index (χ2n) is 3.27. The number of piperazine rings is 1. The molecule has 0 bridgehead atoms. The van der Waals surface area contributed by atoms with Crippen LogP contribution in [0.25, 0.3) is 0 Å². The Kier molecular flexibility index (Phi) is 3.52. The van der Waals surface area contributed by atoms with Gasteiger partial charge in [-0.05, 0) is 6.42 Å². The van der Waals surface area contributed by atoms with Gasteiger partial charge in [-0.1, -0.05) is 19.3 Å². The Morgan fingerprint density at radius 2 is 2.36 bits per heavy atom. The van der Waals surface area contributed by atoms with Crippen LogP contribution in [0.5, 0.6) is 0 Å². The minimum atomic E-state index is -0.237. The summed E-state index contributed by atoms with van der Waals surface area (Å²) in [5, 5.41) is 2.48. The lowest BCUT2D eigenvalue weighted by molar-refractivity contribution is -0.141. The van der Waals surface area contributed by atoms with Gasteiger partial charge in [-0.3, -0.25) is 9.59 Å². The van der Waals surface area contributed by atoms with E-state index >= 15 is 0 Å². The van der Waals surface area contributed by atoms with Gasteiger partial charge in [0.25, 0.3) is 0 Å². The lowest BCUT2D eigenvalue weighted by Crippen LogP contribution is -2.54. The first-order valence-corrected chi connectivity index (χ1v) is 4.71. The molecule has 1 N–H and O–H groups in total. The molecule has 1 heterocycles. The van der Waals surface area contributed by atoms with Crippen LogP contribution in [-0.2, 0) is 9.59 Å². The maximum absolute atomic E-state index is 11.4. The molecule has 1 aliphatic heterocycles. The molecule has 0 aromatic heterocycles. The fraction of sp³-hybridized carbons (Fsp3) is 0.600. The summed E-state index contributed by atoms with van der Waals surface area (Å²) in [7, 11) is 0. The molecule has 1 aliphatic rings. The molecule has 0 aromatic rings. The van der Waals surface area contributed by atoms with Crippen molar-refractivity contribution in [1.82, 2.24) is 10.2 Å². The topological polar surface area (TPSA) is 49.4 Å². The molecule has 0 aliphatic carbocycles. The quantitative estimate of drug-likeness (QED) is 0.630. The number of rotatable bonds is 3. The Labute approximate surface area is 83.6 Å². The van der Waals surface area contributed by atoms with E-state index in [0.29, 0.717) is 0 Å². The minimum Gasteiger partial charge on any atom is -0.345 e. The Balaban J connectivity index is 2.67. The van der Waals surface area contributed by atoms with E-state index in [9.17, 15) is 9.59 Å². The van der Waals surface area contributed by atoms with Crippen molar-refractivity contribution in [2.24, 2.45) is 0 Å². The molecule has 0 spiro atoms. The molecule has 1 atom stereocenters. The molecular formula is C10H14N2O2. The zero-order chi connectivity index (χ0) is 10.6. The molecule has 76 valence electrons. The highest BCUT2D eigenvalue weighted by Gasteiger charge is 2.27. The Bertz CT molecular complexity index is 280. The van der Waals surface area contributed by atoms with Gasteiger partial charge in [0, 0.05) is 0 Å². The first kappa shape index (κ1) is 10.6. The molecule has 1 saturated heterocycles. The van der Waals surface area contributed by atoms with E-state index in [1.165, 1.54) is 4.90 Å². The number of hydrogen-bond donors (Lipinski definition) is 1. The summed E-state index contributed by atoms with van der Waals surface area (Å²) in [5.74, 6) is 2.31. The van der Waals surface area contributed by atoms with E-state index in [2.05, 4.69) is 11.2 Å². The smallest absolute Gasteiger partial charge is 0.243 e. The normalized spacial score (nSPS) is 18.7. The fourth-order valence-corrected chi connectivity index (χ4v) is 1.46.